The number of alkyl halides is 1. The van der Waals surface area contributed by atoms with E-state index in [1.54, 1.807) is 30.3 Å². The van der Waals surface area contributed by atoms with Gasteiger partial charge in [0.15, 0.2) is 0 Å². The van der Waals surface area contributed by atoms with Gasteiger partial charge < -0.3 is 5.11 Å². The molecule has 0 heterocycles. The Bertz CT molecular complexity index is 615. The van der Waals surface area contributed by atoms with Gasteiger partial charge in [-0.15, -0.1) is 11.6 Å². The molecule has 0 aliphatic carbocycles. The van der Waals surface area contributed by atoms with Crippen LogP contribution in [-0.4, -0.2) is 11.0 Å². The summed E-state index contributed by atoms with van der Waals surface area (Å²) in [5.41, 5.74) is -0.229. The Morgan fingerprint density at radius 1 is 1.05 bits per heavy atom. The van der Waals surface area contributed by atoms with Gasteiger partial charge >= 0.3 is 0 Å². The fourth-order valence-electron chi connectivity index (χ4n) is 2.31. The van der Waals surface area contributed by atoms with Crippen LogP contribution in [0.25, 0.3) is 0 Å². The minimum atomic E-state index is -1.33. The van der Waals surface area contributed by atoms with Gasteiger partial charge in [-0.2, -0.15) is 0 Å². The topological polar surface area (TPSA) is 20.2 Å². The van der Waals surface area contributed by atoms with Crippen LogP contribution in [0.2, 0.25) is 10.0 Å². The van der Waals surface area contributed by atoms with Gasteiger partial charge in [0.1, 0.15) is 11.4 Å². The van der Waals surface area contributed by atoms with E-state index in [0.717, 1.165) is 0 Å². The van der Waals surface area contributed by atoms with E-state index >= 15 is 0 Å². The molecule has 5 heteroatoms. The Balaban J connectivity index is 2.52. The first-order valence-corrected chi connectivity index (χ1v) is 7.76. The normalized spacial score (nSPS) is 14.0. The van der Waals surface area contributed by atoms with E-state index in [2.05, 4.69) is 0 Å². The Labute approximate surface area is 138 Å². The summed E-state index contributed by atoms with van der Waals surface area (Å²) >= 11 is 17.9. The largest absolute Gasteiger partial charge is 0.380 e. The minimum Gasteiger partial charge on any atom is -0.380 e. The van der Waals surface area contributed by atoms with E-state index in [-0.39, 0.29) is 5.82 Å². The van der Waals surface area contributed by atoms with Gasteiger partial charge in [0.2, 0.25) is 0 Å². The zero-order valence-electron chi connectivity index (χ0n) is 11.1. The Kier molecular flexibility index (Phi) is 5.50. The molecule has 1 N–H and O–H groups in total. The van der Waals surface area contributed by atoms with Gasteiger partial charge in [-0.1, -0.05) is 41.4 Å². The Morgan fingerprint density at radius 3 is 2.29 bits per heavy atom. The molecule has 0 amide bonds. The van der Waals surface area contributed by atoms with Crippen molar-refractivity contribution in [3.05, 3.63) is 69.5 Å². The summed E-state index contributed by atoms with van der Waals surface area (Å²) in [5, 5.41) is 12.0. The molecular formula is C16H14Cl3FO. The molecule has 0 spiro atoms. The quantitative estimate of drug-likeness (QED) is 0.719. The van der Waals surface area contributed by atoms with Crippen LogP contribution in [0.5, 0.6) is 0 Å². The van der Waals surface area contributed by atoms with Crippen LogP contribution in [-0.2, 0) is 5.60 Å². The molecule has 0 aromatic heterocycles. The number of rotatable bonds is 5. The van der Waals surface area contributed by atoms with E-state index in [1.165, 1.54) is 12.1 Å². The first kappa shape index (κ1) is 16.6. The highest BCUT2D eigenvalue weighted by atomic mass is 35.5. The maximum Gasteiger partial charge on any atom is 0.123 e. The lowest BCUT2D eigenvalue weighted by atomic mass is 9.82. The zero-order chi connectivity index (χ0) is 15.5. The molecule has 1 nitrogen and oxygen atoms in total. The van der Waals surface area contributed by atoms with Gasteiger partial charge in [-0.05, 0) is 42.7 Å². The SMILES string of the molecule is O[C@@](CCCCl)(c1ccc(F)cc1)c1ccc(Cl)cc1Cl. The highest BCUT2D eigenvalue weighted by Gasteiger charge is 2.33. The van der Waals surface area contributed by atoms with Crippen LogP contribution in [0.4, 0.5) is 4.39 Å². The molecule has 0 bridgehead atoms. The lowest BCUT2D eigenvalue weighted by Gasteiger charge is -2.30. The van der Waals surface area contributed by atoms with Crippen molar-refractivity contribution in [1.29, 1.82) is 0 Å². The summed E-state index contributed by atoms with van der Waals surface area (Å²) in [5.74, 6) is 0.0509. The fourth-order valence-corrected chi connectivity index (χ4v) is 3.01. The van der Waals surface area contributed by atoms with Crippen molar-refractivity contribution < 1.29 is 9.50 Å². The molecule has 2 aromatic carbocycles. The van der Waals surface area contributed by atoms with Crippen molar-refractivity contribution in [3.63, 3.8) is 0 Å². The van der Waals surface area contributed by atoms with Crippen molar-refractivity contribution in [2.75, 3.05) is 5.88 Å². The lowest BCUT2D eigenvalue weighted by Crippen LogP contribution is -2.28. The smallest absolute Gasteiger partial charge is 0.123 e. The Morgan fingerprint density at radius 2 is 1.71 bits per heavy atom. The van der Waals surface area contributed by atoms with E-state index in [9.17, 15) is 9.50 Å². The molecule has 0 aliphatic rings. The first-order chi connectivity index (χ1) is 9.97. The molecule has 21 heavy (non-hydrogen) atoms. The lowest BCUT2D eigenvalue weighted by molar-refractivity contribution is 0.0704. The van der Waals surface area contributed by atoms with Crippen molar-refractivity contribution in [2.24, 2.45) is 0 Å². The van der Waals surface area contributed by atoms with Crippen LogP contribution >= 0.6 is 34.8 Å². The summed E-state index contributed by atoms with van der Waals surface area (Å²) < 4.78 is 13.1. The molecule has 0 saturated carbocycles. The third kappa shape index (κ3) is 3.70. The molecule has 0 unspecified atom stereocenters. The number of benzene rings is 2. The highest BCUT2D eigenvalue weighted by Crippen LogP contribution is 2.39. The summed E-state index contributed by atoms with van der Waals surface area (Å²) in [7, 11) is 0. The molecule has 0 radical (unpaired) electrons. The van der Waals surface area contributed by atoms with E-state index in [4.69, 9.17) is 34.8 Å². The maximum absolute atomic E-state index is 13.1. The van der Waals surface area contributed by atoms with Gasteiger partial charge in [-0.3, -0.25) is 0 Å². The Hall–Kier alpha value is -0.800. The second kappa shape index (κ2) is 6.97. The van der Waals surface area contributed by atoms with Crippen LogP contribution in [0.3, 0.4) is 0 Å². The third-order valence-corrected chi connectivity index (χ3v) is 4.19. The van der Waals surface area contributed by atoms with Crippen LogP contribution < -0.4 is 0 Å². The maximum atomic E-state index is 13.1. The third-order valence-electron chi connectivity index (χ3n) is 3.37. The predicted molar refractivity (Wildman–Crippen MR) is 85.8 cm³/mol. The van der Waals surface area contributed by atoms with Crippen molar-refractivity contribution in [2.45, 2.75) is 18.4 Å². The number of aliphatic hydroxyl groups is 1. The number of hydrogen-bond acceptors (Lipinski definition) is 1. The van der Waals surface area contributed by atoms with Crippen LogP contribution in [0.1, 0.15) is 24.0 Å². The van der Waals surface area contributed by atoms with Gasteiger partial charge in [0.05, 0.1) is 0 Å². The molecule has 2 aromatic rings. The fraction of sp³-hybridized carbons (Fsp3) is 0.250. The van der Waals surface area contributed by atoms with Gasteiger partial charge in [-0.25, -0.2) is 4.39 Å². The molecule has 0 fully saturated rings. The molecule has 1 atom stereocenters. The van der Waals surface area contributed by atoms with Crippen LogP contribution in [0, 0.1) is 5.82 Å². The summed E-state index contributed by atoms with van der Waals surface area (Å²) in [6.45, 7) is 0. The second-order valence-electron chi connectivity index (χ2n) is 4.78. The summed E-state index contributed by atoms with van der Waals surface area (Å²) in [4.78, 5) is 0. The first-order valence-electron chi connectivity index (χ1n) is 6.47. The second-order valence-corrected chi connectivity index (χ2v) is 6.01. The zero-order valence-corrected chi connectivity index (χ0v) is 13.4. The molecular weight excluding hydrogens is 334 g/mol. The summed E-state index contributed by atoms with van der Waals surface area (Å²) in [6.07, 6.45) is 0.970. The van der Waals surface area contributed by atoms with Crippen molar-refractivity contribution >= 4 is 34.8 Å². The van der Waals surface area contributed by atoms with E-state index < -0.39 is 5.60 Å². The highest BCUT2D eigenvalue weighted by molar-refractivity contribution is 6.35. The average Bonchev–Trinajstić information content (AvgIpc) is 2.45. The summed E-state index contributed by atoms with van der Waals surface area (Å²) in [6, 6.07) is 10.6. The average molecular weight is 348 g/mol. The standard InChI is InChI=1S/C16H14Cl3FO/c17-9-1-8-16(21,11-2-5-13(20)6-3-11)14-7-4-12(18)10-15(14)19/h2-7,10,21H,1,8-9H2/t16-/m0/s1. The minimum absolute atomic E-state index is 0.361. The molecule has 2 rings (SSSR count). The van der Waals surface area contributed by atoms with Crippen LogP contribution in [0.15, 0.2) is 42.5 Å². The monoisotopic (exact) mass is 346 g/mol. The van der Waals surface area contributed by atoms with Crippen molar-refractivity contribution in [3.8, 4) is 0 Å². The van der Waals surface area contributed by atoms with Gasteiger partial charge in [0, 0.05) is 21.5 Å². The molecule has 0 aliphatic heterocycles. The van der Waals surface area contributed by atoms with Crippen molar-refractivity contribution in [1.82, 2.24) is 0 Å². The number of hydrogen-bond donors (Lipinski definition) is 1. The van der Waals surface area contributed by atoms with E-state index in [0.29, 0.717) is 39.9 Å². The number of halogens is 4. The van der Waals surface area contributed by atoms with E-state index in [1.807, 2.05) is 0 Å². The molecule has 0 saturated heterocycles. The van der Waals surface area contributed by atoms with Gasteiger partial charge in [0.25, 0.3) is 0 Å². The predicted octanol–water partition coefficient (Wildman–Crippen LogP) is 5.39. The molecule has 112 valence electrons.